The van der Waals surface area contributed by atoms with Crippen LogP contribution in [0.1, 0.15) is 25.3 Å². The minimum Gasteiger partial charge on any atom is -0.328 e. The maximum absolute atomic E-state index is 13.9. The van der Waals surface area contributed by atoms with Gasteiger partial charge in [-0.2, -0.15) is 0 Å². The highest BCUT2D eigenvalue weighted by molar-refractivity contribution is 14.1. The summed E-state index contributed by atoms with van der Waals surface area (Å²) in [6.07, 6.45) is 2.01. The molecule has 1 heterocycles. The van der Waals surface area contributed by atoms with Gasteiger partial charge in [-0.15, -0.1) is 0 Å². The summed E-state index contributed by atoms with van der Waals surface area (Å²) in [7, 11) is 0. The highest BCUT2D eigenvalue weighted by Crippen LogP contribution is 2.24. The monoisotopic (exact) mass is 380 g/mol. The number of nitrogens with zero attached hydrogens (tertiary/aromatic N) is 1. The first-order valence-electron chi connectivity index (χ1n) is 6.59. The molecule has 5 heteroatoms. The Hall–Kier alpha value is -0.270. The van der Waals surface area contributed by atoms with E-state index in [2.05, 4.69) is 4.90 Å². The number of piperidine rings is 1. The number of halogens is 3. The Morgan fingerprint density at radius 1 is 1.37 bits per heavy atom. The Labute approximate surface area is 126 Å². The van der Waals surface area contributed by atoms with E-state index in [1.54, 1.807) is 0 Å². The zero-order valence-corrected chi connectivity index (χ0v) is 13.2. The standard InChI is InChI=1S/C14H19F2IN2/c1-9(18)10-4-6-19(7-5-10)8-11-12(15)2-3-13(17)14(11)16/h2-3,9-10H,4-8,18H2,1H3. The van der Waals surface area contributed by atoms with Crippen molar-refractivity contribution < 1.29 is 8.78 Å². The third-order valence-electron chi connectivity index (χ3n) is 3.90. The Kier molecular flexibility index (Phi) is 5.14. The molecule has 1 aliphatic rings. The molecule has 0 amide bonds. The first-order chi connectivity index (χ1) is 8.99. The van der Waals surface area contributed by atoms with Gasteiger partial charge in [0.15, 0.2) is 0 Å². The van der Waals surface area contributed by atoms with E-state index in [1.165, 1.54) is 12.1 Å². The fraction of sp³-hybridized carbons (Fsp3) is 0.571. The third-order valence-corrected chi connectivity index (χ3v) is 4.73. The highest BCUT2D eigenvalue weighted by atomic mass is 127. The van der Waals surface area contributed by atoms with Gasteiger partial charge in [-0.05, 0) is 73.5 Å². The van der Waals surface area contributed by atoms with Gasteiger partial charge in [0.1, 0.15) is 11.6 Å². The normalized spacial score (nSPS) is 19.6. The number of likely N-dealkylation sites (tertiary alicyclic amines) is 1. The van der Waals surface area contributed by atoms with Crippen LogP contribution in [0, 0.1) is 21.1 Å². The molecule has 0 aliphatic carbocycles. The number of benzene rings is 1. The highest BCUT2D eigenvalue weighted by Gasteiger charge is 2.23. The van der Waals surface area contributed by atoms with Crippen molar-refractivity contribution >= 4 is 22.6 Å². The largest absolute Gasteiger partial charge is 0.328 e. The predicted molar refractivity (Wildman–Crippen MR) is 80.7 cm³/mol. The summed E-state index contributed by atoms with van der Waals surface area (Å²) < 4.78 is 28.1. The molecule has 2 rings (SSSR count). The van der Waals surface area contributed by atoms with Crippen LogP contribution in [0.5, 0.6) is 0 Å². The van der Waals surface area contributed by atoms with Gasteiger partial charge in [0.2, 0.25) is 0 Å². The summed E-state index contributed by atoms with van der Waals surface area (Å²) in [5.74, 6) is -0.344. The minimum absolute atomic E-state index is 0.186. The second-order valence-corrected chi connectivity index (χ2v) is 6.46. The maximum atomic E-state index is 13.9. The Balaban J connectivity index is 2.02. The van der Waals surface area contributed by atoms with Crippen molar-refractivity contribution in [3.8, 4) is 0 Å². The van der Waals surface area contributed by atoms with Gasteiger partial charge in [-0.3, -0.25) is 4.90 Å². The van der Waals surface area contributed by atoms with Gasteiger partial charge in [0, 0.05) is 21.7 Å². The van der Waals surface area contributed by atoms with Gasteiger partial charge in [-0.1, -0.05) is 0 Å². The molecule has 0 radical (unpaired) electrons. The van der Waals surface area contributed by atoms with Crippen molar-refractivity contribution in [1.82, 2.24) is 4.90 Å². The van der Waals surface area contributed by atoms with Crippen molar-refractivity contribution in [3.05, 3.63) is 32.9 Å². The second-order valence-electron chi connectivity index (χ2n) is 5.29. The van der Waals surface area contributed by atoms with Crippen molar-refractivity contribution in [2.45, 2.75) is 32.4 Å². The number of hydrogen-bond acceptors (Lipinski definition) is 2. The molecule has 1 fully saturated rings. The Morgan fingerprint density at radius 2 is 2.00 bits per heavy atom. The summed E-state index contributed by atoms with van der Waals surface area (Å²) in [6.45, 7) is 4.09. The molecule has 0 spiro atoms. The van der Waals surface area contributed by atoms with Crippen LogP contribution in [0.3, 0.4) is 0 Å². The van der Waals surface area contributed by atoms with E-state index < -0.39 is 11.6 Å². The van der Waals surface area contributed by atoms with E-state index in [0.717, 1.165) is 25.9 Å². The zero-order chi connectivity index (χ0) is 14.0. The first-order valence-corrected chi connectivity index (χ1v) is 7.67. The first kappa shape index (κ1) is 15.1. The van der Waals surface area contributed by atoms with Gasteiger partial charge in [-0.25, -0.2) is 8.78 Å². The Bertz CT molecular complexity index is 443. The number of hydrogen-bond donors (Lipinski definition) is 1. The molecular weight excluding hydrogens is 361 g/mol. The van der Waals surface area contributed by atoms with Crippen molar-refractivity contribution in [3.63, 3.8) is 0 Å². The molecule has 19 heavy (non-hydrogen) atoms. The predicted octanol–water partition coefficient (Wildman–Crippen LogP) is 3.13. The SMILES string of the molecule is CC(N)C1CCN(Cc2c(F)ccc(I)c2F)CC1. The number of rotatable bonds is 3. The van der Waals surface area contributed by atoms with E-state index in [-0.39, 0.29) is 11.6 Å². The van der Waals surface area contributed by atoms with Crippen LogP contribution in [0.25, 0.3) is 0 Å². The average Bonchev–Trinajstić information content (AvgIpc) is 2.40. The van der Waals surface area contributed by atoms with Crippen molar-refractivity contribution in [2.75, 3.05) is 13.1 Å². The molecule has 1 aromatic rings. The van der Waals surface area contributed by atoms with Crippen LogP contribution in [-0.4, -0.2) is 24.0 Å². The summed E-state index contributed by atoms with van der Waals surface area (Å²) in [5.41, 5.74) is 6.08. The van der Waals surface area contributed by atoms with Crippen LogP contribution in [-0.2, 0) is 6.54 Å². The molecule has 0 saturated carbocycles. The summed E-state index contributed by atoms with van der Waals surface area (Å²) >= 11 is 1.90. The van der Waals surface area contributed by atoms with Crippen LogP contribution in [0.4, 0.5) is 8.78 Å². The van der Waals surface area contributed by atoms with Crippen LogP contribution >= 0.6 is 22.6 Å². The van der Waals surface area contributed by atoms with Crippen LogP contribution < -0.4 is 5.73 Å². The summed E-state index contributed by atoms with van der Waals surface area (Å²) in [4.78, 5) is 2.11. The van der Waals surface area contributed by atoms with E-state index in [4.69, 9.17) is 5.73 Å². The van der Waals surface area contributed by atoms with E-state index in [0.29, 0.717) is 16.0 Å². The lowest BCUT2D eigenvalue weighted by Crippen LogP contribution is -2.39. The molecule has 1 aliphatic heterocycles. The lowest BCUT2D eigenvalue weighted by Gasteiger charge is -2.33. The molecule has 106 valence electrons. The quantitative estimate of drug-likeness (QED) is 0.645. The smallest absolute Gasteiger partial charge is 0.143 e. The second kappa shape index (κ2) is 6.45. The molecule has 1 aromatic carbocycles. The molecule has 1 unspecified atom stereocenters. The third kappa shape index (κ3) is 3.64. The van der Waals surface area contributed by atoms with Crippen LogP contribution in [0.2, 0.25) is 0 Å². The molecular formula is C14H19F2IN2. The summed E-state index contributed by atoms with van der Waals surface area (Å²) in [6, 6.07) is 3.01. The Morgan fingerprint density at radius 3 is 2.58 bits per heavy atom. The zero-order valence-electron chi connectivity index (χ0n) is 11.0. The summed E-state index contributed by atoms with van der Waals surface area (Å²) in [5, 5.41) is 0. The molecule has 1 atom stereocenters. The molecule has 0 aromatic heterocycles. The van der Waals surface area contributed by atoms with Gasteiger partial charge in [0.25, 0.3) is 0 Å². The van der Waals surface area contributed by atoms with Gasteiger partial charge in [0.05, 0.1) is 0 Å². The van der Waals surface area contributed by atoms with Gasteiger partial charge < -0.3 is 5.73 Å². The fourth-order valence-corrected chi connectivity index (χ4v) is 3.08. The van der Waals surface area contributed by atoms with E-state index >= 15 is 0 Å². The minimum atomic E-state index is -0.452. The van der Waals surface area contributed by atoms with Crippen LogP contribution in [0.15, 0.2) is 12.1 Å². The lowest BCUT2D eigenvalue weighted by molar-refractivity contribution is 0.162. The maximum Gasteiger partial charge on any atom is 0.143 e. The van der Waals surface area contributed by atoms with Crippen molar-refractivity contribution in [2.24, 2.45) is 11.7 Å². The van der Waals surface area contributed by atoms with E-state index in [9.17, 15) is 8.78 Å². The fourth-order valence-electron chi connectivity index (χ4n) is 2.57. The molecule has 1 saturated heterocycles. The van der Waals surface area contributed by atoms with Crippen molar-refractivity contribution in [1.29, 1.82) is 0 Å². The topological polar surface area (TPSA) is 29.3 Å². The molecule has 2 nitrogen and oxygen atoms in total. The number of nitrogens with two attached hydrogens (primary N) is 1. The molecule has 2 N–H and O–H groups in total. The lowest BCUT2D eigenvalue weighted by atomic mass is 9.91. The average molecular weight is 380 g/mol. The van der Waals surface area contributed by atoms with Gasteiger partial charge >= 0.3 is 0 Å². The van der Waals surface area contributed by atoms with E-state index in [1.807, 2.05) is 29.5 Å². The molecule has 0 bridgehead atoms.